The highest BCUT2D eigenvalue weighted by Gasteiger charge is 2.12. The fraction of sp³-hybridized carbons (Fsp3) is 0.0455. The van der Waals surface area contributed by atoms with Crippen LogP contribution in [0.5, 0.6) is 0 Å². The van der Waals surface area contributed by atoms with Gasteiger partial charge in [0.2, 0.25) is 0 Å². The summed E-state index contributed by atoms with van der Waals surface area (Å²) in [5.74, 6) is 0.301. The number of rotatable bonds is 3. The van der Waals surface area contributed by atoms with Crippen molar-refractivity contribution in [1.29, 1.82) is 0 Å². The highest BCUT2D eigenvalue weighted by atomic mass is 35.5. The zero-order valence-corrected chi connectivity index (χ0v) is 18.1. The molecule has 1 aromatic heterocycles. The SMILES string of the molecule is Cc1ccc(C(=O)NC(=S)Nc2ccc(Cl)c(-c3nc4ccccc4[nH]3)c2)cc1Cl. The number of halogens is 2. The van der Waals surface area contributed by atoms with Crippen molar-refractivity contribution in [3.63, 3.8) is 0 Å². The van der Waals surface area contributed by atoms with E-state index in [9.17, 15) is 4.79 Å². The van der Waals surface area contributed by atoms with E-state index in [1.807, 2.05) is 37.3 Å². The number of hydrogen-bond donors (Lipinski definition) is 3. The topological polar surface area (TPSA) is 69.8 Å². The number of aryl methyl sites for hydroxylation is 1. The zero-order chi connectivity index (χ0) is 21.3. The maximum Gasteiger partial charge on any atom is 0.257 e. The molecule has 0 aliphatic rings. The van der Waals surface area contributed by atoms with Gasteiger partial charge in [-0.05, 0) is 67.2 Å². The molecule has 1 heterocycles. The van der Waals surface area contributed by atoms with Crippen LogP contribution in [-0.2, 0) is 0 Å². The summed E-state index contributed by atoms with van der Waals surface area (Å²) in [6.07, 6.45) is 0. The first-order valence-corrected chi connectivity index (χ1v) is 10.2. The molecular formula is C22H16Cl2N4OS. The number of carbonyl (C=O) groups excluding carboxylic acids is 1. The van der Waals surface area contributed by atoms with Crippen LogP contribution in [-0.4, -0.2) is 21.0 Å². The van der Waals surface area contributed by atoms with Crippen molar-refractivity contribution in [1.82, 2.24) is 15.3 Å². The number of amides is 1. The van der Waals surface area contributed by atoms with Crippen LogP contribution in [0, 0.1) is 6.92 Å². The number of para-hydroxylation sites is 2. The molecule has 0 saturated heterocycles. The Morgan fingerprint density at radius 3 is 2.60 bits per heavy atom. The number of aromatic nitrogens is 2. The fourth-order valence-corrected chi connectivity index (χ4v) is 3.53. The van der Waals surface area contributed by atoms with Gasteiger partial charge < -0.3 is 10.3 Å². The third kappa shape index (κ3) is 4.31. The van der Waals surface area contributed by atoms with E-state index in [-0.39, 0.29) is 11.0 Å². The van der Waals surface area contributed by atoms with E-state index in [0.717, 1.165) is 22.2 Å². The molecule has 0 radical (unpaired) electrons. The molecule has 3 aromatic carbocycles. The van der Waals surface area contributed by atoms with Crippen molar-refractivity contribution in [2.75, 3.05) is 5.32 Å². The molecule has 0 bridgehead atoms. The minimum atomic E-state index is -0.346. The van der Waals surface area contributed by atoms with E-state index in [0.29, 0.717) is 27.1 Å². The predicted octanol–water partition coefficient (Wildman–Crippen LogP) is 5.97. The van der Waals surface area contributed by atoms with Crippen LogP contribution >= 0.6 is 35.4 Å². The largest absolute Gasteiger partial charge is 0.338 e. The number of carbonyl (C=O) groups is 1. The van der Waals surface area contributed by atoms with Crippen LogP contribution in [0.2, 0.25) is 10.0 Å². The van der Waals surface area contributed by atoms with E-state index in [1.54, 1.807) is 30.3 Å². The molecule has 150 valence electrons. The summed E-state index contributed by atoms with van der Waals surface area (Å²) >= 11 is 17.8. The van der Waals surface area contributed by atoms with E-state index < -0.39 is 0 Å². The zero-order valence-electron chi connectivity index (χ0n) is 15.8. The highest BCUT2D eigenvalue weighted by molar-refractivity contribution is 7.80. The van der Waals surface area contributed by atoms with Gasteiger partial charge in [0.1, 0.15) is 5.82 Å². The monoisotopic (exact) mass is 454 g/mol. The molecular weight excluding hydrogens is 439 g/mol. The molecule has 1 amide bonds. The van der Waals surface area contributed by atoms with Crippen molar-refractivity contribution in [2.45, 2.75) is 6.92 Å². The van der Waals surface area contributed by atoms with E-state index in [4.69, 9.17) is 35.4 Å². The lowest BCUT2D eigenvalue weighted by Gasteiger charge is -2.11. The van der Waals surface area contributed by atoms with Gasteiger partial charge in [0, 0.05) is 21.8 Å². The summed E-state index contributed by atoms with van der Waals surface area (Å²) in [5.41, 5.74) is 4.48. The number of imidazole rings is 1. The molecule has 8 heteroatoms. The Morgan fingerprint density at radius 1 is 1.03 bits per heavy atom. The Morgan fingerprint density at radius 2 is 1.83 bits per heavy atom. The number of H-pyrrole nitrogens is 1. The molecule has 0 fully saturated rings. The van der Waals surface area contributed by atoms with Crippen molar-refractivity contribution in [2.24, 2.45) is 0 Å². The predicted molar refractivity (Wildman–Crippen MR) is 126 cm³/mol. The first kappa shape index (κ1) is 20.3. The van der Waals surface area contributed by atoms with Gasteiger partial charge in [-0.2, -0.15) is 0 Å². The van der Waals surface area contributed by atoms with Crippen LogP contribution in [0.15, 0.2) is 60.7 Å². The average Bonchev–Trinajstić information content (AvgIpc) is 3.15. The van der Waals surface area contributed by atoms with Crippen molar-refractivity contribution < 1.29 is 4.79 Å². The van der Waals surface area contributed by atoms with Crippen LogP contribution in [0.1, 0.15) is 15.9 Å². The minimum absolute atomic E-state index is 0.162. The molecule has 4 rings (SSSR count). The Bertz CT molecular complexity index is 1250. The first-order valence-electron chi connectivity index (χ1n) is 9.04. The third-order valence-electron chi connectivity index (χ3n) is 4.53. The fourth-order valence-electron chi connectivity index (χ4n) is 2.94. The number of benzene rings is 3. The first-order chi connectivity index (χ1) is 14.4. The lowest BCUT2D eigenvalue weighted by molar-refractivity contribution is 0.0977. The van der Waals surface area contributed by atoms with Gasteiger partial charge in [0.15, 0.2) is 5.11 Å². The second-order valence-electron chi connectivity index (χ2n) is 6.67. The maximum atomic E-state index is 12.4. The Balaban J connectivity index is 1.52. The van der Waals surface area contributed by atoms with E-state index in [2.05, 4.69) is 20.6 Å². The average molecular weight is 455 g/mol. The molecule has 0 spiro atoms. The Kier molecular flexibility index (Phi) is 5.72. The molecule has 3 N–H and O–H groups in total. The van der Waals surface area contributed by atoms with Gasteiger partial charge in [-0.1, -0.05) is 41.4 Å². The highest BCUT2D eigenvalue weighted by Crippen LogP contribution is 2.30. The van der Waals surface area contributed by atoms with Crippen LogP contribution in [0.3, 0.4) is 0 Å². The smallest absolute Gasteiger partial charge is 0.257 e. The van der Waals surface area contributed by atoms with Gasteiger partial charge in [0.25, 0.3) is 5.91 Å². The number of thiocarbonyl (C=S) groups is 1. The minimum Gasteiger partial charge on any atom is -0.338 e. The summed E-state index contributed by atoms with van der Waals surface area (Å²) < 4.78 is 0. The van der Waals surface area contributed by atoms with E-state index in [1.165, 1.54) is 0 Å². The molecule has 4 aromatic rings. The lowest BCUT2D eigenvalue weighted by atomic mass is 10.1. The van der Waals surface area contributed by atoms with Crippen molar-refractivity contribution in [3.8, 4) is 11.4 Å². The van der Waals surface area contributed by atoms with Gasteiger partial charge in [0.05, 0.1) is 16.1 Å². The summed E-state index contributed by atoms with van der Waals surface area (Å²) in [7, 11) is 0. The number of fused-ring (bicyclic) bond motifs is 1. The summed E-state index contributed by atoms with van der Waals surface area (Å²) in [6.45, 7) is 1.87. The second kappa shape index (κ2) is 8.44. The molecule has 0 unspecified atom stereocenters. The van der Waals surface area contributed by atoms with Crippen molar-refractivity contribution in [3.05, 3.63) is 81.8 Å². The Hall–Kier alpha value is -2.93. The van der Waals surface area contributed by atoms with Crippen LogP contribution in [0.25, 0.3) is 22.4 Å². The van der Waals surface area contributed by atoms with Crippen LogP contribution < -0.4 is 10.6 Å². The Labute approximate surface area is 188 Å². The summed E-state index contributed by atoms with van der Waals surface area (Å²) in [4.78, 5) is 20.3. The molecule has 0 atom stereocenters. The number of aromatic amines is 1. The number of anilines is 1. The second-order valence-corrected chi connectivity index (χ2v) is 7.89. The van der Waals surface area contributed by atoms with E-state index >= 15 is 0 Å². The molecule has 0 aliphatic heterocycles. The molecule has 30 heavy (non-hydrogen) atoms. The van der Waals surface area contributed by atoms with Gasteiger partial charge >= 0.3 is 0 Å². The number of hydrogen-bond acceptors (Lipinski definition) is 3. The lowest BCUT2D eigenvalue weighted by Crippen LogP contribution is -2.34. The summed E-state index contributed by atoms with van der Waals surface area (Å²) in [5, 5.41) is 6.89. The molecule has 0 aliphatic carbocycles. The normalized spacial score (nSPS) is 10.8. The van der Waals surface area contributed by atoms with Crippen molar-refractivity contribution >= 4 is 63.2 Å². The van der Waals surface area contributed by atoms with Crippen LogP contribution in [0.4, 0.5) is 5.69 Å². The molecule has 5 nitrogen and oxygen atoms in total. The van der Waals surface area contributed by atoms with Gasteiger partial charge in [-0.3, -0.25) is 10.1 Å². The van der Waals surface area contributed by atoms with Gasteiger partial charge in [-0.15, -0.1) is 0 Å². The van der Waals surface area contributed by atoms with Gasteiger partial charge in [-0.25, -0.2) is 4.98 Å². The quantitative estimate of drug-likeness (QED) is 0.333. The number of nitrogens with zero attached hydrogens (tertiary/aromatic N) is 1. The maximum absolute atomic E-state index is 12.4. The third-order valence-corrected chi connectivity index (χ3v) is 5.47. The summed E-state index contributed by atoms with van der Waals surface area (Å²) in [6, 6.07) is 18.2. The molecule has 0 saturated carbocycles. The standard InChI is InChI=1S/C22H16Cl2N4OS/c1-12-6-7-13(10-17(12)24)21(29)28-22(30)25-14-8-9-16(23)15(11-14)20-26-18-4-2-3-5-19(18)27-20/h2-11H,1H3,(H,26,27)(H2,25,28,29,30). The number of nitrogens with one attached hydrogen (secondary N) is 3.